The zero-order valence-corrected chi connectivity index (χ0v) is 12.5. The molecule has 0 radical (unpaired) electrons. The molecule has 110 valence electrons. The summed E-state index contributed by atoms with van der Waals surface area (Å²) in [6, 6.07) is 0. The third-order valence-corrected chi connectivity index (χ3v) is 4.27. The van der Waals surface area contributed by atoms with Gasteiger partial charge in [0.1, 0.15) is 0 Å². The van der Waals surface area contributed by atoms with Crippen LogP contribution in [0.15, 0.2) is 0 Å². The van der Waals surface area contributed by atoms with E-state index < -0.39 is 5.41 Å². The summed E-state index contributed by atoms with van der Waals surface area (Å²) in [4.78, 5) is 23.3. The monoisotopic (exact) mass is 270 g/mol. The van der Waals surface area contributed by atoms with Crippen LogP contribution in [0.5, 0.6) is 0 Å². The van der Waals surface area contributed by atoms with Crippen LogP contribution < -0.4 is 0 Å². The van der Waals surface area contributed by atoms with Crippen molar-refractivity contribution in [1.29, 1.82) is 0 Å². The van der Waals surface area contributed by atoms with E-state index in [4.69, 9.17) is 9.47 Å². The molecule has 0 spiro atoms. The minimum atomic E-state index is -0.400. The van der Waals surface area contributed by atoms with Crippen molar-refractivity contribution in [1.82, 2.24) is 0 Å². The van der Waals surface area contributed by atoms with E-state index in [1.165, 1.54) is 7.11 Å². The van der Waals surface area contributed by atoms with Gasteiger partial charge in [0.2, 0.25) is 0 Å². The first-order chi connectivity index (χ1) is 8.90. The smallest absolute Gasteiger partial charge is 0.311 e. The van der Waals surface area contributed by atoms with Crippen LogP contribution in [0.1, 0.15) is 52.9 Å². The Morgan fingerprint density at radius 2 is 1.74 bits per heavy atom. The normalized spacial score (nSPS) is 23.8. The summed E-state index contributed by atoms with van der Waals surface area (Å²) >= 11 is 0. The van der Waals surface area contributed by atoms with Crippen LogP contribution in [0.2, 0.25) is 0 Å². The Labute approximate surface area is 115 Å². The molecule has 0 aliphatic heterocycles. The zero-order chi connectivity index (χ0) is 14.5. The molecule has 0 unspecified atom stereocenters. The average Bonchev–Trinajstić information content (AvgIpc) is 2.44. The molecule has 0 atom stereocenters. The van der Waals surface area contributed by atoms with Crippen molar-refractivity contribution < 1.29 is 19.1 Å². The maximum Gasteiger partial charge on any atom is 0.311 e. The second kappa shape index (κ2) is 6.92. The lowest BCUT2D eigenvalue weighted by Crippen LogP contribution is -2.30. The molecule has 1 aliphatic carbocycles. The van der Waals surface area contributed by atoms with Crippen LogP contribution in [0.25, 0.3) is 0 Å². The molecule has 0 heterocycles. The maximum atomic E-state index is 11.9. The van der Waals surface area contributed by atoms with Gasteiger partial charge in [-0.05, 0) is 51.9 Å². The van der Waals surface area contributed by atoms with Crippen molar-refractivity contribution in [2.24, 2.45) is 17.3 Å². The first-order valence-electron chi connectivity index (χ1n) is 7.15. The van der Waals surface area contributed by atoms with E-state index in [0.29, 0.717) is 12.5 Å². The van der Waals surface area contributed by atoms with Crippen LogP contribution in [0, 0.1) is 17.3 Å². The summed E-state index contributed by atoms with van der Waals surface area (Å²) in [5.74, 6) is 0.189. The number of rotatable bonds is 5. The predicted molar refractivity (Wildman–Crippen MR) is 72.5 cm³/mol. The quantitative estimate of drug-likeness (QED) is 0.721. The van der Waals surface area contributed by atoms with E-state index in [9.17, 15) is 9.59 Å². The van der Waals surface area contributed by atoms with Crippen molar-refractivity contribution >= 4 is 11.9 Å². The maximum absolute atomic E-state index is 11.9. The van der Waals surface area contributed by atoms with Crippen molar-refractivity contribution in [3.63, 3.8) is 0 Å². The molecule has 0 aromatic heterocycles. The Kier molecular flexibility index (Phi) is 5.83. The third-order valence-electron chi connectivity index (χ3n) is 4.27. The Bertz CT molecular complexity index is 314. The fourth-order valence-corrected chi connectivity index (χ4v) is 2.26. The number of carbonyl (C=O) groups excluding carboxylic acids is 2. The molecule has 1 fully saturated rings. The minimum absolute atomic E-state index is 0.0315. The van der Waals surface area contributed by atoms with Crippen molar-refractivity contribution in [2.75, 3.05) is 13.7 Å². The minimum Gasteiger partial charge on any atom is -0.469 e. The molecule has 0 saturated heterocycles. The number of hydrogen-bond donors (Lipinski definition) is 0. The largest absolute Gasteiger partial charge is 0.469 e. The molecular formula is C15H26O4. The van der Waals surface area contributed by atoms with Gasteiger partial charge >= 0.3 is 11.9 Å². The summed E-state index contributed by atoms with van der Waals surface area (Å²) in [6.45, 7) is 6.28. The van der Waals surface area contributed by atoms with Gasteiger partial charge in [-0.25, -0.2) is 0 Å². The summed E-state index contributed by atoms with van der Waals surface area (Å²) in [5, 5.41) is 0. The Hall–Kier alpha value is -1.06. The van der Waals surface area contributed by atoms with Crippen LogP contribution in [-0.2, 0) is 19.1 Å². The molecule has 0 aromatic rings. The van der Waals surface area contributed by atoms with Crippen molar-refractivity contribution in [3.8, 4) is 0 Å². The van der Waals surface area contributed by atoms with E-state index in [2.05, 4.69) is 0 Å². The van der Waals surface area contributed by atoms with Crippen LogP contribution in [0.3, 0.4) is 0 Å². The van der Waals surface area contributed by atoms with Gasteiger partial charge in [0.05, 0.1) is 25.0 Å². The Balaban J connectivity index is 2.30. The third kappa shape index (κ3) is 4.51. The van der Waals surface area contributed by atoms with Crippen LogP contribution in [0.4, 0.5) is 0 Å². The second-order valence-electron chi connectivity index (χ2n) is 6.08. The van der Waals surface area contributed by atoms with Gasteiger partial charge in [0, 0.05) is 0 Å². The molecule has 4 nitrogen and oxygen atoms in total. The Morgan fingerprint density at radius 1 is 1.16 bits per heavy atom. The summed E-state index contributed by atoms with van der Waals surface area (Å²) in [6.07, 6.45) is 4.32. The first-order valence-corrected chi connectivity index (χ1v) is 7.15. The number of esters is 2. The number of ether oxygens (including phenoxy) is 2. The Morgan fingerprint density at radius 3 is 2.21 bits per heavy atom. The van der Waals surface area contributed by atoms with Crippen molar-refractivity contribution in [3.05, 3.63) is 0 Å². The lowest BCUT2D eigenvalue weighted by molar-refractivity contribution is -0.157. The number of carbonyl (C=O) groups is 2. The van der Waals surface area contributed by atoms with E-state index in [1.54, 1.807) is 0 Å². The van der Waals surface area contributed by atoms with E-state index in [0.717, 1.165) is 32.1 Å². The van der Waals surface area contributed by atoms with Gasteiger partial charge in [-0.2, -0.15) is 0 Å². The second-order valence-corrected chi connectivity index (χ2v) is 6.08. The summed E-state index contributed by atoms with van der Waals surface area (Å²) in [7, 11) is 1.43. The molecule has 0 aromatic carbocycles. The highest BCUT2D eigenvalue weighted by atomic mass is 16.5. The first kappa shape index (κ1) is 16.0. The summed E-state index contributed by atoms with van der Waals surface area (Å²) in [5.41, 5.74) is -0.400. The van der Waals surface area contributed by atoms with Gasteiger partial charge in [-0.15, -0.1) is 0 Å². The molecule has 0 amide bonds. The number of methoxy groups -OCH3 is 1. The average molecular weight is 270 g/mol. The molecule has 0 bridgehead atoms. The molecule has 1 saturated carbocycles. The fourth-order valence-electron chi connectivity index (χ4n) is 2.26. The SMILES string of the molecule is CCC(C)(C)C(=O)OCC1CCC(C(=O)OC)CC1. The highest BCUT2D eigenvalue weighted by molar-refractivity contribution is 5.75. The van der Waals surface area contributed by atoms with E-state index >= 15 is 0 Å². The van der Waals surface area contributed by atoms with Crippen LogP contribution in [-0.4, -0.2) is 25.7 Å². The van der Waals surface area contributed by atoms with E-state index in [1.807, 2.05) is 20.8 Å². The van der Waals surface area contributed by atoms with Crippen LogP contribution >= 0.6 is 0 Å². The van der Waals surface area contributed by atoms with Crippen molar-refractivity contribution in [2.45, 2.75) is 52.9 Å². The van der Waals surface area contributed by atoms with Gasteiger partial charge in [-0.3, -0.25) is 9.59 Å². The number of hydrogen-bond acceptors (Lipinski definition) is 4. The fraction of sp³-hybridized carbons (Fsp3) is 0.867. The van der Waals surface area contributed by atoms with Gasteiger partial charge in [-0.1, -0.05) is 6.92 Å². The molecule has 19 heavy (non-hydrogen) atoms. The molecule has 1 aliphatic rings. The lowest BCUT2D eigenvalue weighted by atomic mass is 9.82. The highest BCUT2D eigenvalue weighted by Crippen LogP contribution is 2.30. The van der Waals surface area contributed by atoms with Gasteiger partial charge in [0.25, 0.3) is 0 Å². The molecule has 4 heteroatoms. The highest BCUT2D eigenvalue weighted by Gasteiger charge is 2.30. The molecule has 0 N–H and O–H groups in total. The van der Waals surface area contributed by atoms with Gasteiger partial charge in [0.15, 0.2) is 0 Å². The van der Waals surface area contributed by atoms with Gasteiger partial charge < -0.3 is 9.47 Å². The topological polar surface area (TPSA) is 52.6 Å². The zero-order valence-electron chi connectivity index (χ0n) is 12.5. The molecular weight excluding hydrogens is 244 g/mol. The summed E-state index contributed by atoms with van der Waals surface area (Å²) < 4.78 is 10.2. The molecule has 1 rings (SSSR count). The lowest BCUT2D eigenvalue weighted by Gasteiger charge is -2.28. The standard InChI is InChI=1S/C15H26O4/c1-5-15(2,3)14(17)19-10-11-6-8-12(9-7-11)13(16)18-4/h11-12H,5-10H2,1-4H3. The predicted octanol–water partition coefficient (Wildman–Crippen LogP) is 2.95. The van der Waals surface area contributed by atoms with E-state index in [-0.39, 0.29) is 17.9 Å².